The van der Waals surface area contributed by atoms with Gasteiger partial charge in [-0.1, -0.05) is 104 Å². The number of allylic oxidation sites excluding steroid dienone is 8. The van der Waals surface area contributed by atoms with Crippen molar-refractivity contribution in [2.45, 2.75) is 190 Å². The van der Waals surface area contributed by atoms with Crippen molar-refractivity contribution in [2.24, 2.45) is 35.0 Å². The molecule has 3 saturated heterocycles. The predicted molar refractivity (Wildman–Crippen MR) is 215 cm³/mol. The maximum Gasteiger partial charge on any atom is 0.221 e. The van der Waals surface area contributed by atoms with Gasteiger partial charge in [-0.05, 0) is 128 Å². The first-order chi connectivity index (χ1) is 25.5. The quantitative estimate of drug-likeness (QED) is 0.216. The second-order valence-electron chi connectivity index (χ2n) is 20.5. The molecule has 7 aliphatic carbocycles. The molecule has 4 heteroatoms. The molecule has 11 unspecified atom stereocenters. The molecule has 3 nitrogen and oxygen atoms in total. The Morgan fingerprint density at radius 3 is 2.35 bits per heavy atom. The molecule has 52 heavy (non-hydrogen) atoms. The van der Waals surface area contributed by atoms with E-state index in [4.69, 9.17) is 4.74 Å². The van der Waals surface area contributed by atoms with Crippen LogP contribution < -0.4 is 0 Å². The molecule has 11 aliphatic rings. The van der Waals surface area contributed by atoms with Crippen LogP contribution in [0.2, 0.25) is 5.82 Å². The van der Waals surface area contributed by atoms with Crippen molar-refractivity contribution in [2.75, 3.05) is 0 Å². The third-order valence-corrected chi connectivity index (χ3v) is 18.1. The van der Waals surface area contributed by atoms with Gasteiger partial charge in [-0.25, -0.2) is 0 Å². The van der Waals surface area contributed by atoms with Crippen LogP contribution >= 0.6 is 0 Å². The highest BCUT2D eigenvalue weighted by molar-refractivity contribution is 6.72. The first-order valence-electron chi connectivity index (χ1n) is 22.8. The Hall–Kier alpha value is -1.78. The first-order valence-corrected chi connectivity index (χ1v) is 22.8. The molecule has 278 valence electrons. The molecule has 11 rings (SSSR count). The van der Waals surface area contributed by atoms with Crippen LogP contribution in [0.4, 0.5) is 0 Å². The molecule has 1 spiro atoms. The molecule has 0 bridgehead atoms. The van der Waals surface area contributed by atoms with Crippen molar-refractivity contribution in [3.8, 4) is 0 Å². The summed E-state index contributed by atoms with van der Waals surface area (Å²) in [5.41, 5.74) is 7.77. The third kappa shape index (κ3) is 4.70. The predicted octanol–water partition coefficient (Wildman–Crippen LogP) is 11.0. The van der Waals surface area contributed by atoms with Crippen LogP contribution in [-0.2, 0) is 4.74 Å². The van der Waals surface area contributed by atoms with E-state index in [2.05, 4.69) is 79.2 Å². The molecular formula is C48H67BN2O. The minimum atomic E-state index is 0.185. The van der Waals surface area contributed by atoms with Crippen molar-refractivity contribution >= 4 is 6.71 Å². The fraction of sp³-hybridized carbons (Fsp3) is 0.750. The van der Waals surface area contributed by atoms with Crippen molar-refractivity contribution < 1.29 is 4.74 Å². The number of rotatable bonds is 3. The Morgan fingerprint density at radius 1 is 0.769 bits per heavy atom. The van der Waals surface area contributed by atoms with Crippen molar-refractivity contribution in [1.82, 2.24) is 9.80 Å². The SMILES string of the molecule is CC1=CC2C3B(C4=C5C(CC(C6CCCCC6)=C4)C4(CCCCC4)C(C)(C)N5C3C1)C1OC3CCC=CC3C1N2C1CCC=CC1C1C=CCCC1. The minimum Gasteiger partial charge on any atom is -0.380 e. The van der Waals surface area contributed by atoms with E-state index in [1.165, 1.54) is 122 Å². The summed E-state index contributed by atoms with van der Waals surface area (Å²) in [6, 6.07) is 2.45. The number of hydrogen-bond acceptors (Lipinski definition) is 3. The molecule has 5 fully saturated rings. The number of nitrogens with zero attached hydrogens (tertiary/aromatic N) is 2. The zero-order valence-electron chi connectivity index (χ0n) is 32.9. The topological polar surface area (TPSA) is 15.7 Å². The van der Waals surface area contributed by atoms with Gasteiger partial charge in [-0.3, -0.25) is 4.90 Å². The third-order valence-electron chi connectivity index (χ3n) is 18.1. The molecule has 0 aromatic carbocycles. The Balaban J connectivity index is 1.11. The summed E-state index contributed by atoms with van der Waals surface area (Å²) in [5.74, 6) is 3.94. The lowest BCUT2D eigenvalue weighted by molar-refractivity contribution is -0.0317. The fourth-order valence-corrected chi connectivity index (χ4v) is 16.0. The normalized spacial score (nSPS) is 44.6. The average Bonchev–Trinajstić information content (AvgIpc) is 3.65. The molecule has 4 heterocycles. The lowest BCUT2D eigenvalue weighted by Crippen LogP contribution is -2.73. The van der Waals surface area contributed by atoms with E-state index < -0.39 is 0 Å². The van der Waals surface area contributed by atoms with Crippen molar-refractivity contribution in [3.05, 3.63) is 70.9 Å². The molecule has 0 amide bonds. The maximum absolute atomic E-state index is 7.71. The van der Waals surface area contributed by atoms with Gasteiger partial charge in [0.1, 0.15) is 0 Å². The monoisotopic (exact) mass is 699 g/mol. The van der Waals surface area contributed by atoms with E-state index in [1.807, 2.05) is 11.3 Å². The molecule has 2 saturated carbocycles. The van der Waals surface area contributed by atoms with Gasteiger partial charge in [0.25, 0.3) is 0 Å². The first kappa shape index (κ1) is 33.6. The highest BCUT2D eigenvalue weighted by atomic mass is 16.5. The second kappa shape index (κ2) is 12.6. The lowest BCUT2D eigenvalue weighted by Gasteiger charge is -2.63. The average molecular weight is 699 g/mol. The van der Waals surface area contributed by atoms with Crippen LogP contribution in [0.5, 0.6) is 0 Å². The number of ether oxygens (including phenoxy) is 1. The van der Waals surface area contributed by atoms with Gasteiger partial charge in [-0.2, -0.15) is 0 Å². The van der Waals surface area contributed by atoms with Gasteiger partial charge >= 0.3 is 0 Å². The van der Waals surface area contributed by atoms with Gasteiger partial charge in [0.15, 0.2) is 0 Å². The largest absolute Gasteiger partial charge is 0.380 e. The minimum absolute atomic E-state index is 0.185. The molecule has 11 atom stereocenters. The van der Waals surface area contributed by atoms with Gasteiger partial charge in [0, 0.05) is 52.7 Å². The highest BCUT2D eigenvalue weighted by Crippen LogP contribution is 2.70. The number of fused-ring (bicyclic) bond motifs is 7. The van der Waals surface area contributed by atoms with Gasteiger partial charge < -0.3 is 9.64 Å². The fourth-order valence-electron chi connectivity index (χ4n) is 16.0. The number of hydrogen-bond donors (Lipinski definition) is 0. The van der Waals surface area contributed by atoms with Crippen LogP contribution in [0.25, 0.3) is 0 Å². The van der Waals surface area contributed by atoms with Gasteiger partial charge in [0.05, 0.1) is 12.1 Å². The standard InChI is InChI=1S/C48H67BN2O/c1-31-27-40-43-41(28-31)51-45-37(48(47(51,2)3)25-15-6-16-26-48)29-34(32-17-7-4-8-18-32)30-38(45)49(43)46-44(36-22-12-14-24-42(36)52-46)50(40)39-23-13-11-21-35(39)33-19-9-5-10-20-33/h9,11-12,19,21-22,27,30,32-33,35-37,39-44,46H,4-8,10,13-18,20,23-26,28-29H2,1-3H3. The van der Waals surface area contributed by atoms with Crippen molar-refractivity contribution in [1.29, 1.82) is 0 Å². The second-order valence-corrected chi connectivity index (χ2v) is 20.5. The van der Waals surface area contributed by atoms with Crippen LogP contribution in [0.15, 0.2) is 70.9 Å². The van der Waals surface area contributed by atoms with Crippen LogP contribution in [0.1, 0.15) is 143 Å². The lowest BCUT2D eigenvalue weighted by atomic mass is 9.25. The summed E-state index contributed by atoms with van der Waals surface area (Å²) >= 11 is 0. The summed E-state index contributed by atoms with van der Waals surface area (Å²) in [4.78, 5) is 6.44. The molecule has 0 aromatic rings. The summed E-state index contributed by atoms with van der Waals surface area (Å²) in [6.07, 6.45) is 47.6. The zero-order valence-corrected chi connectivity index (χ0v) is 32.9. The van der Waals surface area contributed by atoms with Crippen molar-refractivity contribution in [3.63, 3.8) is 0 Å². The smallest absolute Gasteiger partial charge is 0.221 e. The van der Waals surface area contributed by atoms with Gasteiger partial charge in [0.2, 0.25) is 6.71 Å². The summed E-state index contributed by atoms with van der Waals surface area (Å²) < 4.78 is 7.71. The zero-order chi connectivity index (χ0) is 34.8. The Morgan fingerprint density at radius 2 is 1.54 bits per heavy atom. The van der Waals surface area contributed by atoms with Crippen LogP contribution in [0, 0.1) is 35.0 Å². The van der Waals surface area contributed by atoms with E-state index in [-0.39, 0.29) is 5.54 Å². The van der Waals surface area contributed by atoms with E-state index in [9.17, 15) is 0 Å². The highest BCUT2D eigenvalue weighted by Gasteiger charge is 2.71. The van der Waals surface area contributed by atoms with Crippen LogP contribution in [0.3, 0.4) is 0 Å². The summed E-state index contributed by atoms with van der Waals surface area (Å²) in [7, 11) is 0. The van der Waals surface area contributed by atoms with E-state index in [1.54, 1.807) is 11.0 Å². The molecule has 0 N–H and O–H groups in total. The van der Waals surface area contributed by atoms with Gasteiger partial charge in [-0.15, -0.1) is 0 Å². The molecular weight excluding hydrogens is 631 g/mol. The van der Waals surface area contributed by atoms with E-state index in [0.717, 1.165) is 5.92 Å². The molecule has 4 aliphatic heterocycles. The summed E-state index contributed by atoms with van der Waals surface area (Å²) in [6.45, 7) is 8.54. The summed E-state index contributed by atoms with van der Waals surface area (Å²) in [5, 5.41) is 0. The molecule has 0 radical (unpaired) electrons. The van der Waals surface area contributed by atoms with E-state index >= 15 is 0 Å². The Kier molecular flexibility index (Phi) is 8.15. The Labute approximate surface area is 316 Å². The Bertz CT molecular complexity index is 1620. The molecule has 0 aromatic heterocycles. The maximum atomic E-state index is 7.71. The van der Waals surface area contributed by atoms with Crippen LogP contribution in [-0.4, -0.2) is 58.3 Å². The van der Waals surface area contributed by atoms with E-state index in [0.29, 0.717) is 77.9 Å².